The number of fused-ring (bicyclic) bond motifs is 1. The van der Waals surface area contributed by atoms with Crippen molar-refractivity contribution in [2.75, 3.05) is 5.32 Å². The van der Waals surface area contributed by atoms with Crippen LogP contribution in [0.2, 0.25) is 0 Å². The second-order valence-corrected chi connectivity index (χ2v) is 8.34. The van der Waals surface area contributed by atoms with Crippen molar-refractivity contribution >= 4 is 22.5 Å². The molecule has 0 atom stereocenters. The van der Waals surface area contributed by atoms with Crippen LogP contribution >= 0.6 is 0 Å². The zero-order valence-electron chi connectivity index (χ0n) is 18.3. The minimum Gasteiger partial charge on any atom is -0.433 e. The number of ether oxygens (including phenoxy) is 1. The van der Waals surface area contributed by atoms with Crippen LogP contribution in [-0.2, 0) is 6.18 Å². The number of carbonyl (C=O) groups excluding carboxylic acids is 1. The minimum atomic E-state index is -4.73. The van der Waals surface area contributed by atoms with Crippen LogP contribution in [0.3, 0.4) is 0 Å². The number of aromatic nitrogens is 3. The Morgan fingerprint density at radius 2 is 1.97 bits per heavy atom. The Bertz CT molecular complexity index is 1180. The first-order valence-electron chi connectivity index (χ1n) is 11.0. The van der Waals surface area contributed by atoms with Crippen molar-refractivity contribution in [2.24, 2.45) is 5.92 Å². The average Bonchev–Trinajstić information content (AvgIpc) is 3.21. The molecule has 184 valence electrons. The van der Waals surface area contributed by atoms with Crippen LogP contribution in [-0.4, -0.2) is 27.3 Å². The van der Waals surface area contributed by atoms with Gasteiger partial charge in [0.15, 0.2) is 5.75 Å². The fourth-order valence-electron chi connectivity index (χ4n) is 4.27. The van der Waals surface area contributed by atoms with E-state index in [1.165, 1.54) is 12.1 Å². The van der Waals surface area contributed by atoms with Crippen molar-refractivity contribution in [2.45, 2.75) is 57.9 Å². The molecule has 1 saturated carbocycles. The second kappa shape index (κ2) is 9.55. The van der Waals surface area contributed by atoms with E-state index in [9.17, 15) is 26.7 Å². The van der Waals surface area contributed by atoms with Gasteiger partial charge in [0.05, 0.1) is 17.2 Å². The van der Waals surface area contributed by atoms with E-state index in [1.807, 2.05) is 4.68 Å². The summed E-state index contributed by atoms with van der Waals surface area (Å²) in [6.45, 7) is -1.01. The number of hydrogen-bond acceptors (Lipinski definition) is 4. The van der Waals surface area contributed by atoms with Crippen molar-refractivity contribution in [1.29, 1.82) is 0 Å². The van der Waals surface area contributed by atoms with Gasteiger partial charge in [0.25, 0.3) is 5.91 Å². The quantitative estimate of drug-likeness (QED) is 0.396. The molecular weight excluding hydrogens is 459 g/mol. The Balaban J connectivity index is 0.00000342. The van der Waals surface area contributed by atoms with E-state index in [1.54, 1.807) is 6.20 Å². The molecule has 3 aromatic rings. The number of anilines is 1. The Kier molecular flexibility index (Phi) is 6.72. The normalized spacial score (nSPS) is 18.9. The number of alkyl halides is 5. The zero-order chi connectivity index (χ0) is 24.5. The number of halogens is 5. The number of pyridine rings is 1. The maximum absolute atomic E-state index is 13.0. The maximum atomic E-state index is 13.0. The number of nitrogens with zero attached hydrogens (tertiary/aromatic N) is 3. The molecule has 0 spiro atoms. The van der Waals surface area contributed by atoms with Crippen molar-refractivity contribution in [3.05, 3.63) is 47.9 Å². The predicted molar refractivity (Wildman–Crippen MR) is 117 cm³/mol. The number of amides is 1. The van der Waals surface area contributed by atoms with Crippen LogP contribution in [0.15, 0.2) is 36.5 Å². The van der Waals surface area contributed by atoms with Crippen molar-refractivity contribution < 1.29 is 32.9 Å². The Hall–Kier alpha value is -3.24. The highest BCUT2D eigenvalue weighted by molar-refractivity contribution is 6.05. The minimum absolute atomic E-state index is 0. The third-order valence-corrected chi connectivity index (χ3v) is 6.13. The highest BCUT2D eigenvalue weighted by Crippen LogP contribution is 2.36. The summed E-state index contributed by atoms with van der Waals surface area (Å²) in [5, 5.41) is 7.43. The van der Waals surface area contributed by atoms with Crippen LogP contribution in [0.25, 0.3) is 10.9 Å². The molecule has 1 aliphatic rings. The van der Waals surface area contributed by atoms with Crippen LogP contribution in [0.5, 0.6) is 5.75 Å². The van der Waals surface area contributed by atoms with Gasteiger partial charge >= 0.3 is 12.8 Å². The first-order chi connectivity index (χ1) is 16.1. The monoisotopic (exact) mass is 484 g/mol. The topological polar surface area (TPSA) is 69.0 Å². The summed E-state index contributed by atoms with van der Waals surface area (Å²) in [7, 11) is 0. The van der Waals surface area contributed by atoms with Crippen molar-refractivity contribution in [3.8, 4) is 5.75 Å². The summed E-state index contributed by atoms with van der Waals surface area (Å²) in [4.78, 5) is 15.9. The lowest BCUT2D eigenvalue weighted by atomic mass is 9.85. The lowest BCUT2D eigenvalue weighted by Crippen LogP contribution is -2.18. The van der Waals surface area contributed by atoms with Gasteiger partial charge in [0.2, 0.25) is 0 Å². The van der Waals surface area contributed by atoms with Gasteiger partial charge in [0.1, 0.15) is 11.4 Å². The standard InChI is InChI=1S/C23H23F5N4O2.H2/c1-2-13-6-8-15(9-7-13)32-12-14-10-18(19(34-22(24)25)11-17(14)31-32)30-21(33)16-4-3-5-20(29-16)23(26,27)28;/h3-5,10-13,15,22H,2,6-9H2,1H3,(H,30,33);1H. The molecule has 0 saturated heterocycles. The fourth-order valence-corrected chi connectivity index (χ4v) is 4.27. The van der Waals surface area contributed by atoms with E-state index in [-0.39, 0.29) is 18.9 Å². The number of nitrogens with one attached hydrogen (secondary N) is 1. The summed E-state index contributed by atoms with van der Waals surface area (Å²) in [6, 6.07) is 5.76. The lowest BCUT2D eigenvalue weighted by Gasteiger charge is -2.27. The number of rotatable bonds is 6. The molecule has 1 amide bonds. The largest absolute Gasteiger partial charge is 0.433 e. The lowest BCUT2D eigenvalue weighted by molar-refractivity contribution is -0.141. The number of carbonyl (C=O) groups is 1. The van der Waals surface area contributed by atoms with E-state index in [0.717, 1.165) is 50.3 Å². The van der Waals surface area contributed by atoms with Gasteiger partial charge in [0, 0.05) is 19.1 Å². The van der Waals surface area contributed by atoms with Gasteiger partial charge in [-0.1, -0.05) is 19.4 Å². The van der Waals surface area contributed by atoms with E-state index in [4.69, 9.17) is 0 Å². The van der Waals surface area contributed by atoms with Crippen molar-refractivity contribution in [3.63, 3.8) is 0 Å². The van der Waals surface area contributed by atoms with Gasteiger partial charge < -0.3 is 10.1 Å². The van der Waals surface area contributed by atoms with E-state index < -0.39 is 30.1 Å². The van der Waals surface area contributed by atoms with Gasteiger partial charge in [-0.3, -0.25) is 9.48 Å². The highest BCUT2D eigenvalue weighted by Gasteiger charge is 2.33. The van der Waals surface area contributed by atoms with Gasteiger partial charge in [-0.2, -0.15) is 27.1 Å². The molecule has 1 fully saturated rings. The second-order valence-electron chi connectivity index (χ2n) is 8.34. The van der Waals surface area contributed by atoms with E-state index in [2.05, 4.69) is 27.1 Å². The first kappa shape index (κ1) is 23.9. The molecule has 6 nitrogen and oxygen atoms in total. The van der Waals surface area contributed by atoms with Gasteiger partial charge in [-0.05, 0) is 49.8 Å². The molecule has 0 radical (unpaired) electrons. The van der Waals surface area contributed by atoms with Crippen LogP contribution in [0.1, 0.15) is 62.7 Å². The van der Waals surface area contributed by atoms with Crippen molar-refractivity contribution in [1.82, 2.24) is 14.8 Å². The van der Waals surface area contributed by atoms with Gasteiger partial charge in [-0.15, -0.1) is 0 Å². The predicted octanol–water partition coefficient (Wildman–Crippen LogP) is 6.69. The van der Waals surface area contributed by atoms with Crippen LogP contribution in [0, 0.1) is 5.92 Å². The summed E-state index contributed by atoms with van der Waals surface area (Å²) < 4.78 is 71.2. The number of benzene rings is 1. The zero-order valence-corrected chi connectivity index (χ0v) is 18.3. The smallest absolute Gasteiger partial charge is 0.433 e. The molecule has 2 aromatic heterocycles. The molecule has 0 bridgehead atoms. The Labute approximate surface area is 193 Å². The van der Waals surface area contributed by atoms with E-state index in [0.29, 0.717) is 16.8 Å². The summed E-state index contributed by atoms with van der Waals surface area (Å²) in [5.41, 5.74) is -1.46. The molecule has 1 aliphatic carbocycles. The molecular formula is C23H25F5N4O2. The summed E-state index contributed by atoms with van der Waals surface area (Å²) >= 11 is 0. The van der Waals surface area contributed by atoms with E-state index >= 15 is 0 Å². The van der Waals surface area contributed by atoms with Gasteiger partial charge in [-0.25, -0.2) is 4.98 Å². The Morgan fingerprint density at radius 3 is 2.62 bits per heavy atom. The molecule has 4 rings (SSSR count). The molecule has 0 aliphatic heterocycles. The summed E-state index contributed by atoms with van der Waals surface area (Å²) in [5.74, 6) is -0.642. The van der Waals surface area contributed by atoms with Crippen LogP contribution < -0.4 is 10.1 Å². The van der Waals surface area contributed by atoms with Crippen LogP contribution in [0.4, 0.5) is 27.6 Å². The SMILES string of the molecule is CCC1CCC(n2cc3cc(NC(=O)c4cccc(C(F)(F)F)n4)c(OC(F)F)cc3n2)CC1.[HH]. The molecule has 0 unspecified atom stereocenters. The summed E-state index contributed by atoms with van der Waals surface area (Å²) in [6.07, 6.45) is 2.26. The molecule has 1 N–H and O–H groups in total. The molecule has 11 heteroatoms. The molecule has 1 aromatic carbocycles. The fraction of sp³-hybridized carbons (Fsp3) is 0.435. The third-order valence-electron chi connectivity index (χ3n) is 6.13. The molecule has 34 heavy (non-hydrogen) atoms. The number of hydrogen-bond donors (Lipinski definition) is 1. The maximum Gasteiger partial charge on any atom is 0.433 e. The first-order valence-corrected chi connectivity index (χ1v) is 11.0. The Morgan fingerprint density at radius 1 is 1.24 bits per heavy atom. The average molecular weight is 484 g/mol. The highest BCUT2D eigenvalue weighted by atomic mass is 19.4. The molecule has 2 heterocycles. The third kappa shape index (κ3) is 5.28.